The Hall–Kier alpha value is -1.54. The third-order valence-corrected chi connectivity index (χ3v) is 17.7. The van der Waals surface area contributed by atoms with E-state index < -0.39 is 0 Å². The first-order chi connectivity index (χ1) is 23.7. The maximum atomic E-state index is 2.55. The van der Waals surface area contributed by atoms with Crippen LogP contribution in [0.15, 0.2) is 36.4 Å². The molecule has 0 amide bonds. The molecule has 0 bridgehead atoms. The number of unbranched alkanes of at least 4 members (excludes halogenated alkanes) is 14. The fraction of sp³-hybridized carbons (Fsp3) is 0.476. The van der Waals surface area contributed by atoms with Gasteiger partial charge >= 0.3 is 0 Å². The van der Waals surface area contributed by atoms with E-state index in [-0.39, 0.29) is 0 Å². The van der Waals surface area contributed by atoms with Crippen LogP contribution in [0.25, 0.3) is 68.5 Å². The Morgan fingerprint density at radius 1 is 0.312 bits per heavy atom. The van der Waals surface area contributed by atoms with E-state index in [1.54, 1.807) is 9.75 Å². The van der Waals surface area contributed by atoms with Crippen molar-refractivity contribution in [1.29, 1.82) is 0 Å². The highest BCUT2D eigenvalue weighted by atomic mass is 32.1. The number of benzene rings is 2. The van der Waals surface area contributed by atoms with Gasteiger partial charge in [0, 0.05) is 59.5 Å². The van der Waals surface area contributed by atoms with Crippen molar-refractivity contribution in [3.05, 3.63) is 46.2 Å². The van der Waals surface area contributed by atoms with Gasteiger partial charge in [-0.25, -0.2) is 0 Å². The van der Waals surface area contributed by atoms with Gasteiger partial charge < -0.3 is 0 Å². The quantitative estimate of drug-likeness (QED) is 0.0768. The number of hydrogen-bond donors (Lipinski definition) is 0. The minimum Gasteiger partial charge on any atom is -0.139 e. The normalized spacial score (nSPS) is 12.6. The van der Waals surface area contributed by atoms with Crippen LogP contribution in [0.1, 0.15) is 126 Å². The molecule has 0 N–H and O–H groups in total. The van der Waals surface area contributed by atoms with Crippen LogP contribution in [-0.2, 0) is 12.8 Å². The number of rotatable bonds is 18. The van der Waals surface area contributed by atoms with Crippen molar-refractivity contribution < 1.29 is 0 Å². The molecular formula is C42H48S6. The van der Waals surface area contributed by atoms with E-state index in [1.165, 1.54) is 184 Å². The zero-order chi connectivity index (χ0) is 32.5. The third-order valence-electron chi connectivity index (χ3n) is 10.3. The smallest absolute Gasteiger partial charge is 0.0542 e. The van der Waals surface area contributed by atoms with E-state index in [9.17, 15) is 0 Å². The van der Waals surface area contributed by atoms with Crippen molar-refractivity contribution in [1.82, 2.24) is 0 Å². The first-order valence-electron chi connectivity index (χ1n) is 18.8. The van der Waals surface area contributed by atoms with E-state index in [0.717, 1.165) is 0 Å². The summed E-state index contributed by atoms with van der Waals surface area (Å²) in [7, 11) is 0. The minimum absolute atomic E-state index is 1.25. The Kier molecular flexibility index (Phi) is 10.8. The van der Waals surface area contributed by atoms with Crippen LogP contribution in [0.3, 0.4) is 0 Å². The lowest BCUT2D eigenvalue weighted by Crippen LogP contribution is -1.83. The van der Waals surface area contributed by atoms with Crippen molar-refractivity contribution in [2.75, 3.05) is 0 Å². The summed E-state index contributed by atoms with van der Waals surface area (Å²) < 4.78 is 14.9. The molecule has 8 rings (SSSR count). The lowest BCUT2D eigenvalue weighted by molar-refractivity contribution is 0.576. The molecule has 48 heavy (non-hydrogen) atoms. The Balaban J connectivity index is 1.000. The van der Waals surface area contributed by atoms with Gasteiger partial charge in [-0.05, 0) is 62.1 Å². The van der Waals surface area contributed by atoms with Gasteiger partial charge in [0.25, 0.3) is 0 Å². The highest BCUT2D eigenvalue weighted by Gasteiger charge is 2.18. The second kappa shape index (κ2) is 15.4. The van der Waals surface area contributed by atoms with E-state index in [4.69, 9.17) is 0 Å². The molecule has 0 nitrogen and oxygen atoms in total. The molecule has 0 aliphatic rings. The SMILES string of the molecule is CCCCCCCCCCc1cc2sc3cc4sc5c6cc7c(cc6sc5c4cc3c2s1)sc1cc(CCCCCCCCCC)sc17. The van der Waals surface area contributed by atoms with Crippen LogP contribution < -0.4 is 0 Å². The van der Waals surface area contributed by atoms with Crippen molar-refractivity contribution >= 4 is 137 Å². The molecule has 0 radical (unpaired) electrons. The summed E-state index contributed by atoms with van der Waals surface area (Å²) in [6.07, 6.45) is 24.8. The molecule has 0 spiro atoms. The Bertz CT molecular complexity index is 2130. The molecule has 0 fully saturated rings. The second-order valence-corrected chi connectivity index (χ2v) is 20.6. The standard InChI is InChI=1S/C42H48S6/c1-3-5-7-9-11-13-15-17-19-27-21-37-39(43-27)29-23-31-35(25-33(29)45-37)47-42-32-24-30-34(26-36(32)48-41(31)42)46-38-22-28(44-40(30)38)20-18-16-14-12-10-8-6-4-2/h21-26H,3-20H2,1-2H3. The Labute approximate surface area is 309 Å². The maximum Gasteiger partial charge on any atom is 0.0542 e. The Morgan fingerprint density at radius 2 is 0.667 bits per heavy atom. The molecule has 0 saturated carbocycles. The fourth-order valence-electron chi connectivity index (χ4n) is 7.56. The number of aryl methyl sites for hydroxylation is 2. The lowest BCUT2D eigenvalue weighted by Gasteiger charge is -2.01. The molecule has 2 aromatic carbocycles. The van der Waals surface area contributed by atoms with Gasteiger partial charge in [-0.2, -0.15) is 0 Å². The minimum atomic E-state index is 1.25. The molecule has 0 atom stereocenters. The van der Waals surface area contributed by atoms with Crippen LogP contribution in [-0.4, -0.2) is 0 Å². The fourth-order valence-corrected chi connectivity index (χ4v) is 15.6. The summed E-state index contributed by atoms with van der Waals surface area (Å²) in [5, 5.41) is 5.91. The average Bonchev–Trinajstić information content (AvgIpc) is 3.91. The van der Waals surface area contributed by atoms with Crippen LogP contribution >= 0.6 is 68.0 Å². The Morgan fingerprint density at radius 3 is 1.08 bits per heavy atom. The molecule has 0 saturated heterocycles. The van der Waals surface area contributed by atoms with E-state index in [1.807, 2.05) is 45.3 Å². The van der Waals surface area contributed by atoms with E-state index in [2.05, 4.69) is 72.9 Å². The van der Waals surface area contributed by atoms with Crippen LogP contribution in [0, 0.1) is 0 Å². The summed E-state index contributed by atoms with van der Waals surface area (Å²) >= 11 is 12.2. The first kappa shape index (κ1) is 33.6. The summed E-state index contributed by atoms with van der Waals surface area (Å²) in [6, 6.07) is 15.1. The van der Waals surface area contributed by atoms with E-state index in [0.29, 0.717) is 0 Å². The van der Waals surface area contributed by atoms with Crippen LogP contribution in [0.2, 0.25) is 0 Å². The van der Waals surface area contributed by atoms with Crippen LogP contribution in [0.5, 0.6) is 0 Å². The predicted octanol–water partition coefficient (Wildman–Crippen LogP) is 17.5. The van der Waals surface area contributed by atoms with Gasteiger partial charge in [-0.15, -0.1) is 68.0 Å². The molecule has 6 heterocycles. The molecule has 0 aliphatic heterocycles. The van der Waals surface area contributed by atoms with Crippen molar-refractivity contribution in [3.63, 3.8) is 0 Å². The van der Waals surface area contributed by atoms with Crippen molar-refractivity contribution in [2.45, 2.75) is 129 Å². The third kappa shape index (κ3) is 6.88. The number of hydrogen-bond acceptors (Lipinski definition) is 6. The molecule has 6 heteroatoms. The second-order valence-electron chi connectivity index (χ2n) is 14.0. The molecule has 0 unspecified atom stereocenters. The maximum absolute atomic E-state index is 2.55. The summed E-state index contributed by atoms with van der Waals surface area (Å²) in [4.78, 5) is 3.17. The average molecular weight is 745 g/mol. The summed E-state index contributed by atoms with van der Waals surface area (Å²) in [5.74, 6) is 0. The monoisotopic (exact) mass is 744 g/mol. The zero-order valence-corrected chi connectivity index (χ0v) is 33.5. The van der Waals surface area contributed by atoms with Gasteiger partial charge in [0.2, 0.25) is 0 Å². The summed E-state index contributed by atoms with van der Waals surface area (Å²) in [5.41, 5.74) is 0. The molecule has 8 aromatic rings. The van der Waals surface area contributed by atoms with Crippen molar-refractivity contribution in [2.24, 2.45) is 0 Å². The summed E-state index contributed by atoms with van der Waals surface area (Å²) in [6.45, 7) is 4.61. The van der Waals surface area contributed by atoms with Gasteiger partial charge in [-0.1, -0.05) is 104 Å². The number of thiophene rings is 6. The highest BCUT2D eigenvalue weighted by Crippen LogP contribution is 2.50. The number of fused-ring (bicyclic) bond motifs is 11. The predicted molar refractivity (Wildman–Crippen MR) is 229 cm³/mol. The van der Waals surface area contributed by atoms with E-state index >= 15 is 0 Å². The van der Waals surface area contributed by atoms with Gasteiger partial charge in [0.05, 0.1) is 18.8 Å². The topological polar surface area (TPSA) is 0 Å². The van der Waals surface area contributed by atoms with Gasteiger partial charge in [0.15, 0.2) is 0 Å². The van der Waals surface area contributed by atoms with Crippen LogP contribution in [0.4, 0.5) is 0 Å². The zero-order valence-electron chi connectivity index (χ0n) is 28.6. The molecular weight excluding hydrogens is 697 g/mol. The molecule has 252 valence electrons. The molecule has 6 aromatic heterocycles. The largest absolute Gasteiger partial charge is 0.139 e. The lowest BCUT2D eigenvalue weighted by atomic mass is 10.1. The van der Waals surface area contributed by atoms with Gasteiger partial charge in [0.1, 0.15) is 0 Å². The first-order valence-corrected chi connectivity index (χ1v) is 23.7. The highest BCUT2D eigenvalue weighted by molar-refractivity contribution is 7.38. The van der Waals surface area contributed by atoms with Gasteiger partial charge in [-0.3, -0.25) is 0 Å². The molecule has 0 aliphatic carbocycles. The van der Waals surface area contributed by atoms with Crippen molar-refractivity contribution in [3.8, 4) is 0 Å².